The van der Waals surface area contributed by atoms with Crippen LogP contribution in [0.5, 0.6) is 0 Å². The average Bonchev–Trinajstić information content (AvgIpc) is 2.60. The Hall–Kier alpha value is -2.19. The van der Waals surface area contributed by atoms with Crippen LogP contribution in [0, 0.1) is 0 Å². The summed E-state index contributed by atoms with van der Waals surface area (Å²) in [4.78, 5) is 30.7. The van der Waals surface area contributed by atoms with E-state index in [4.69, 9.17) is 0 Å². The van der Waals surface area contributed by atoms with Gasteiger partial charge in [0.15, 0.2) is 5.82 Å². The number of likely N-dealkylation sites (N-methyl/N-ethyl adjacent to an activating group) is 1. The summed E-state index contributed by atoms with van der Waals surface area (Å²) >= 11 is 3.28. The lowest BCUT2D eigenvalue weighted by atomic mass is 10.0. The zero-order valence-corrected chi connectivity index (χ0v) is 15.7. The molecule has 25 heavy (non-hydrogen) atoms. The molecule has 0 saturated carbocycles. The fraction of sp³-hybridized carbons (Fsp3) is 0.353. The van der Waals surface area contributed by atoms with Gasteiger partial charge in [0, 0.05) is 32.0 Å². The molecule has 2 heterocycles. The molecule has 1 saturated heterocycles. The van der Waals surface area contributed by atoms with Gasteiger partial charge in [-0.25, -0.2) is 4.98 Å². The molecule has 0 bridgehead atoms. The minimum atomic E-state index is -0.273. The van der Waals surface area contributed by atoms with Crippen LogP contribution in [-0.4, -0.2) is 40.0 Å². The Morgan fingerprint density at radius 2 is 2.04 bits per heavy atom. The van der Waals surface area contributed by atoms with Crippen molar-refractivity contribution in [3.05, 3.63) is 51.0 Å². The standard InChI is InChI=1S/C17H20BrN5O2/c1-3-23-9-8-19-16(24)14(23)11-4-6-12(7-5-11)20-15-17(25)22(2)10-13(18)21-15/h4-7,10,14H,3,8-9H2,1-2H3,(H,19,24)(H,20,21). The van der Waals surface area contributed by atoms with Crippen LogP contribution in [0.25, 0.3) is 0 Å². The topological polar surface area (TPSA) is 79.3 Å². The molecule has 0 aliphatic carbocycles. The van der Waals surface area contributed by atoms with Crippen molar-refractivity contribution in [1.29, 1.82) is 0 Å². The number of amides is 1. The lowest BCUT2D eigenvalue weighted by Gasteiger charge is -2.34. The van der Waals surface area contributed by atoms with Crippen LogP contribution in [0.4, 0.5) is 11.5 Å². The second kappa shape index (κ2) is 7.37. The fourth-order valence-electron chi connectivity index (χ4n) is 2.95. The highest BCUT2D eigenvalue weighted by molar-refractivity contribution is 9.10. The number of carbonyl (C=O) groups is 1. The van der Waals surface area contributed by atoms with Gasteiger partial charge in [0.1, 0.15) is 10.6 Å². The first-order valence-corrected chi connectivity index (χ1v) is 8.91. The summed E-state index contributed by atoms with van der Waals surface area (Å²) < 4.78 is 2.03. The summed E-state index contributed by atoms with van der Waals surface area (Å²) in [6.07, 6.45) is 1.61. The molecule has 1 fully saturated rings. The van der Waals surface area contributed by atoms with Gasteiger partial charge in [0.25, 0.3) is 5.56 Å². The smallest absolute Gasteiger partial charge is 0.293 e. The zero-order chi connectivity index (χ0) is 18.0. The molecule has 1 aliphatic rings. The van der Waals surface area contributed by atoms with Crippen LogP contribution in [0.3, 0.4) is 0 Å². The maximum Gasteiger partial charge on any atom is 0.293 e. The molecule has 2 N–H and O–H groups in total. The summed E-state index contributed by atoms with van der Waals surface area (Å²) in [5.41, 5.74) is 1.46. The molecule has 1 aromatic heterocycles. The highest BCUT2D eigenvalue weighted by Gasteiger charge is 2.29. The van der Waals surface area contributed by atoms with Crippen molar-refractivity contribution in [2.24, 2.45) is 7.05 Å². The number of piperazine rings is 1. The molecule has 1 amide bonds. The van der Waals surface area contributed by atoms with Crippen molar-refractivity contribution < 1.29 is 4.79 Å². The minimum absolute atomic E-state index is 0.0244. The highest BCUT2D eigenvalue weighted by atomic mass is 79.9. The van der Waals surface area contributed by atoms with Crippen LogP contribution < -0.4 is 16.2 Å². The molecule has 3 rings (SSSR count). The molecule has 8 heteroatoms. The van der Waals surface area contributed by atoms with Crippen LogP contribution in [0.15, 0.2) is 39.9 Å². The van der Waals surface area contributed by atoms with Crippen molar-refractivity contribution in [2.45, 2.75) is 13.0 Å². The Balaban J connectivity index is 1.83. The number of carbonyl (C=O) groups excluding carboxylic acids is 1. The first-order valence-electron chi connectivity index (χ1n) is 8.11. The molecule has 1 atom stereocenters. The van der Waals surface area contributed by atoms with Gasteiger partial charge in [-0.15, -0.1) is 0 Å². The van der Waals surface area contributed by atoms with Crippen LogP contribution in [0.2, 0.25) is 0 Å². The van der Waals surface area contributed by atoms with Gasteiger partial charge in [0.05, 0.1) is 0 Å². The molecule has 0 radical (unpaired) electrons. The summed E-state index contributed by atoms with van der Waals surface area (Å²) in [5, 5.41) is 5.95. The quantitative estimate of drug-likeness (QED) is 0.810. The van der Waals surface area contributed by atoms with Gasteiger partial charge >= 0.3 is 0 Å². The Labute approximate surface area is 154 Å². The number of nitrogens with one attached hydrogen (secondary N) is 2. The molecule has 0 spiro atoms. The molecule has 2 aromatic rings. The second-order valence-electron chi connectivity index (χ2n) is 5.90. The van der Waals surface area contributed by atoms with E-state index in [0.717, 1.165) is 24.3 Å². The second-order valence-corrected chi connectivity index (χ2v) is 6.71. The average molecular weight is 406 g/mol. The lowest BCUT2D eigenvalue weighted by Crippen LogP contribution is -2.49. The van der Waals surface area contributed by atoms with E-state index in [2.05, 4.69) is 43.4 Å². The van der Waals surface area contributed by atoms with Crippen LogP contribution in [0.1, 0.15) is 18.5 Å². The largest absolute Gasteiger partial charge is 0.353 e. The van der Waals surface area contributed by atoms with E-state index in [-0.39, 0.29) is 23.3 Å². The predicted molar refractivity (Wildman–Crippen MR) is 99.9 cm³/mol. The summed E-state index contributed by atoms with van der Waals surface area (Å²) in [6, 6.07) is 7.25. The van der Waals surface area contributed by atoms with E-state index in [1.54, 1.807) is 13.2 Å². The van der Waals surface area contributed by atoms with E-state index < -0.39 is 0 Å². The molecule has 1 aliphatic heterocycles. The maximum absolute atomic E-state index is 12.2. The Morgan fingerprint density at radius 3 is 2.72 bits per heavy atom. The predicted octanol–water partition coefficient (Wildman–Crippen LogP) is 1.78. The van der Waals surface area contributed by atoms with E-state index >= 15 is 0 Å². The van der Waals surface area contributed by atoms with E-state index in [0.29, 0.717) is 11.1 Å². The van der Waals surface area contributed by atoms with Gasteiger partial charge in [-0.3, -0.25) is 14.5 Å². The van der Waals surface area contributed by atoms with E-state index in [1.165, 1.54) is 4.57 Å². The zero-order valence-electron chi connectivity index (χ0n) is 14.1. The molecule has 132 valence electrons. The monoisotopic (exact) mass is 405 g/mol. The molecule has 1 aromatic carbocycles. The number of aryl methyl sites for hydroxylation is 1. The number of anilines is 2. The third kappa shape index (κ3) is 3.74. The lowest BCUT2D eigenvalue weighted by molar-refractivity contribution is -0.129. The van der Waals surface area contributed by atoms with Crippen molar-refractivity contribution in [3.63, 3.8) is 0 Å². The summed E-state index contributed by atoms with van der Waals surface area (Å²) in [7, 11) is 1.67. The van der Waals surface area contributed by atoms with Crippen LogP contribution >= 0.6 is 15.9 Å². The number of benzene rings is 1. The first kappa shape index (κ1) is 17.6. The Kier molecular flexibility index (Phi) is 5.19. The van der Waals surface area contributed by atoms with E-state index in [1.807, 2.05) is 24.3 Å². The first-order chi connectivity index (χ1) is 12.0. The normalized spacial score (nSPS) is 18.0. The summed E-state index contributed by atoms with van der Waals surface area (Å²) in [6.45, 7) is 4.39. The fourth-order valence-corrected chi connectivity index (χ4v) is 3.44. The maximum atomic E-state index is 12.2. The number of rotatable bonds is 4. The van der Waals surface area contributed by atoms with Crippen molar-refractivity contribution in [1.82, 2.24) is 19.8 Å². The van der Waals surface area contributed by atoms with Crippen LogP contribution in [-0.2, 0) is 11.8 Å². The molecule has 7 nitrogen and oxygen atoms in total. The number of halogens is 1. The van der Waals surface area contributed by atoms with Crippen molar-refractivity contribution in [2.75, 3.05) is 25.0 Å². The van der Waals surface area contributed by atoms with Crippen molar-refractivity contribution in [3.8, 4) is 0 Å². The highest BCUT2D eigenvalue weighted by Crippen LogP contribution is 2.25. The van der Waals surface area contributed by atoms with Gasteiger partial charge in [-0.1, -0.05) is 19.1 Å². The van der Waals surface area contributed by atoms with Gasteiger partial charge in [0.2, 0.25) is 5.91 Å². The number of hydrogen-bond acceptors (Lipinski definition) is 5. The summed E-state index contributed by atoms with van der Waals surface area (Å²) in [5.74, 6) is 0.270. The third-order valence-electron chi connectivity index (χ3n) is 4.25. The number of nitrogens with zero attached hydrogens (tertiary/aromatic N) is 3. The minimum Gasteiger partial charge on any atom is -0.353 e. The van der Waals surface area contributed by atoms with Gasteiger partial charge < -0.3 is 15.2 Å². The van der Waals surface area contributed by atoms with Gasteiger partial charge in [-0.05, 0) is 40.2 Å². The Morgan fingerprint density at radius 1 is 1.32 bits per heavy atom. The Bertz CT molecular complexity index is 834. The number of hydrogen-bond donors (Lipinski definition) is 2. The third-order valence-corrected chi connectivity index (χ3v) is 4.63. The molecule has 1 unspecified atom stereocenters. The SMILES string of the molecule is CCN1CCNC(=O)C1c1ccc(Nc2nc(Br)cn(C)c2=O)cc1. The molecular weight excluding hydrogens is 386 g/mol. The van der Waals surface area contributed by atoms with Crippen molar-refractivity contribution >= 4 is 33.3 Å². The van der Waals surface area contributed by atoms with E-state index in [9.17, 15) is 9.59 Å². The van der Waals surface area contributed by atoms with Gasteiger partial charge in [-0.2, -0.15) is 0 Å². The number of aromatic nitrogens is 2. The molecular formula is C17H20BrN5O2.